The van der Waals surface area contributed by atoms with E-state index in [-0.39, 0.29) is 47.0 Å². The molecule has 0 fully saturated rings. The number of aromatic amines is 1. The Morgan fingerprint density at radius 1 is 1.25 bits per heavy atom. The summed E-state index contributed by atoms with van der Waals surface area (Å²) in [6, 6.07) is 2.08. The van der Waals surface area contributed by atoms with Gasteiger partial charge in [0.2, 0.25) is 5.82 Å². The second-order valence-corrected chi connectivity index (χ2v) is 9.00. The number of nitrogens with zero attached hydrogens (tertiary/aromatic N) is 7. The molecule has 0 aliphatic rings. The first-order valence-corrected chi connectivity index (χ1v) is 12.1. The van der Waals surface area contributed by atoms with E-state index in [4.69, 9.17) is 5.73 Å². The van der Waals surface area contributed by atoms with Gasteiger partial charge in [0.25, 0.3) is 5.91 Å². The molecule has 15 heteroatoms. The van der Waals surface area contributed by atoms with Gasteiger partial charge in [-0.1, -0.05) is 12.1 Å². The van der Waals surface area contributed by atoms with Gasteiger partial charge in [0.15, 0.2) is 17.5 Å². The van der Waals surface area contributed by atoms with E-state index in [0.717, 1.165) is 6.07 Å². The molecular formula is C25H26F3N9O3. The Labute approximate surface area is 225 Å². The quantitative estimate of drug-likeness (QED) is 0.262. The second-order valence-electron chi connectivity index (χ2n) is 9.00. The fourth-order valence-corrected chi connectivity index (χ4v) is 4.22. The highest BCUT2D eigenvalue weighted by Gasteiger charge is 2.40. The SMILES string of the molecule is C/C=C\N(C(=O)c1ncn[nH]1)[C@H](C)CCc1nc2c(-c3ccc([C@@H](O)C(F)(F)F)nc3)cnn2c(N)c1C(C)=O. The summed E-state index contributed by atoms with van der Waals surface area (Å²) in [6.45, 7) is 4.95. The molecule has 0 saturated carbocycles. The van der Waals surface area contributed by atoms with E-state index in [0.29, 0.717) is 23.2 Å². The predicted molar refractivity (Wildman–Crippen MR) is 137 cm³/mol. The molecule has 0 bridgehead atoms. The Morgan fingerprint density at radius 2 is 2.00 bits per heavy atom. The fraction of sp³-hybridized carbons (Fsp3) is 0.320. The second kappa shape index (κ2) is 11.2. The third-order valence-electron chi connectivity index (χ3n) is 6.23. The molecule has 0 spiro atoms. The molecule has 4 aromatic rings. The van der Waals surface area contributed by atoms with Crippen LogP contribution in [0, 0.1) is 0 Å². The molecule has 0 unspecified atom stereocenters. The number of carbonyl (C=O) groups is 2. The third-order valence-corrected chi connectivity index (χ3v) is 6.23. The summed E-state index contributed by atoms with van der Waals surface area (Å²) in [7, 11) is 0. The maximum Gasteiger partial charge on any atom is 0.420 e. The molecule has 4 N–H and O–H groups in total. The third kappa shape index (κ3) is 5.54. The van der Waals surface area contributed by atoms with Crippen LogP contribution in [0.2, 0.25) is 0 Å². The molecule has 0 aliphatic carbocycles. The summed E-state index contributed by atoms with van der Waals surface area (Å²) in [6.07, 6.45) is 0.219. The normalized spacial score (nSPS) is 13.6. The van der Waals surface area contributed by atoms with E-state index < -0.39 is 18.0 Å². The predicted octanol–water partition coefficient (Wildman–Crippen LogP) is 3.29. The van der Waals surface area contributed by atoms with Crippen LogP contribution in [0.3, 0.4) is 0 Å². The first kappa shape index (κ1) is 28.4. The van der Waals surface area contributed by atoms with Crippen LogP contribution < -0.4 is 5.73 Å². The Balaban J connectivity index is 1.67. The highest BCUT2D eigenvalue weighted by Crippen LogP contribution is 2.33. The van der Waals surface area contributed by atoms with Gasteiger partial charge in [-0.15, -0.1) is 0 Å². The summed E-state index contributed by atoms with van der Waals surface area (Å²) >= 11 is 0. The highest BCUT2D eigenvalue weighted by molar-refractivity contribution is 6.00. The van der Waals surface area contributed by atoms with Gasteiger partial charge in [0.1, 0.15) is 12.1 Å². The van der Waals surface area contributed by atoms with Crippen LogP contribution in [0.4, 0.5) is 19.0 Å². The standard InChI is InChI=1S/C25H26F3N9O3/c1-4-9-36(24(40)22-31-12-32-35-22)13(2)5-7-17-19(14(3)38)21(29)37-23(34-17)16(11-33-37)15-6-8-18(30-10-15)20(39)25(26,27)28/h4,6,8-13,20,39H,5,7,29H2,1-3H3,(H,31,32,35)/b9-4-/t13-,20-/m1/s1. The van der Waals surface area contributed by atoms with E-state index in [9.17, 15) is 27.9 Å². The molecule has 210 valence electrons. The zero-order valence-electron chi connectivity index (χ0n) is 21.7. The monoisotopic (exact) mass is 557 g/mol. The van der Waals surface area contributed by atoms with E-state index in [1.165, 1.54) is 41.1 Å². The number of carbonyl (C=O) groups excluding carboxylic acids is 2. The molecule has 2 atom stereocenters. The van der Waals surface area contributed by atoms with Crippen molar-refractivity contribution >= 4 is 23.2 Å². The number of nitrogens with two attached hydrogens (primary N) is 1. The van der Waals surface area contributed by atoms with Crippen molar-refractivity contribution in [3.63, 3.8) is 0 Å². The van der Waals surface area contributed by atoms with Crippen molar-refractivity contribution in [1.82, 2.24) is 39.7 Å². The number of anilines is 1. The molecule has 4 aromatic heterocycles. The molecule has 40 heavy (non-hydrogen) atoms. The maximum absolute atomic E-state index is 12.9. The highest BCUT2D eigenvalue weighted by atomic mass is 19.4. The van der Waals surface area contributed by atoms with Crippen LogP contribution in [0.1, 0.15) is 65.7 Å². The van der Waals surface area contributed by atoms with Crippen molar-refractivity contribution < 1.29 is 27.9 Å². The lowest BCUT2D eigenvalue weighted by atomic mass is 10.0. The number of pyridine rings is 1. The lowest BCUT2D eigenvalue weighted by Crippen LogP contribution is -2.35. The van der Waals surface area contributed by atoms with Gasteiger partial charge in [0.05, 0.1) is 23.1 Å². The van der Waals surface area contributed by atoms with Crippen molar-refractivity contribution in [2.24, 2.45) is 0 Å². The van der Waals surface area contributed by atoms with Crippen LogP contribution in [-0.4, -0.2) is 68.7 Å². The van der Waals surface area contributed by atoms with Crippen LogP contribution >= 0.6 is 0 Å². The number of fused-ring (bicyclic) bond motifs is 1. The van der Waals surface area contributed by atoms with Crippen molar-refractivity contribution in [3.05, 3.63) is 65.9 Å². The minimum absolute atomic E-state index is 0.0477. The number of amides is 1. The number of allylic oxidation sites excluding steroid dienone is 1. The van der Waals surface area contributed by atoms with Gasteiger partial charge in [-0.25, -0.2) is 9.97 Å². The zero-order chi connectivity index (χ0) is 29.2. The maximum atomic E-state index is 12.9. The lowest BCUT2D eigenvalue weighted by molar-refractivity contribution is -0.207. The van der Waals surface area contributed by atoms with Gasteiger partial charge in [-0.05, 0) is 39.7 Å². The Bertz CT molecular complexity index is 1550. The Morgan fingerprint density at radius 3 is 2.58 bits per heavy atom. The number of rotatable bonds is 9. The number of halogens is 3. The number of H-pyrrole nitrogens is 1. The zero-order valence-corrected chi connectivity index (χ0v) is 21.7. The number of hydrogen-bond acceptors (Lipinski definition) is 9. The van der Waals surface area contributed by atoms with Gasteiger partial charge in [-0.3, -0.25) is 19.7 Å². The van der Waals surface area contributed by atoms with Gasteiger partial charge in [-0.2, -0.15) is 27.9 Å². The number of nitrogen functional groups attached to an aromatic ring is 1. The smallest absolute Gasteiger partial charge is 0.383 e. The minimum Gasteiger partial charge on any atom is -0.383 e. The summed E-state index contributed by atoms with van der Waals surface area (Å²) in [5, 5.41) is 19.9. The number of alkyl halides is 3. The van der Waals surface area contributed by atoms with Crippen molar-refractivity contribution in [2.75, 3.05) is 5.73 Å². The van der Waals surface area contributed by atoms with E-state index in [1.54, 1.807) is 19.2 Å². The number of nitrogens with one attached hydrogen (secondary N) is 1. The average molecular weight is 558 g/mol. The van der Waals surface area contributed by atoms with E-state index in [2.05, 4.69) is 30.2 Å². The average Bonchev–Trinajstić information content (AvgIpc) is 3.60. The first-order chi connectivity index (χ1) is 18.9. The molecule has 0 aliphatic heterocycles. The van der Waals surface area contributed by atoms with E-state index in [1.807, 2.05) is 6.92 Å². The fourth-order valence-electron chi connectivity index (χ4n) is 4.22. The van der Waals surface area contributed by atoms with Crippen LogP contribution in [0.15, 0.2) is 43.1 Å². The number of hydrogen-bond donors (Lipinski definition) is 3. The Hall–Kier alpha value is -4.66. The van der Waals surface area contributed by atoms with E-state index >= 15 is 0 Å². The van der Waals surface area contributed by atoms with Crippen molar-refractivity contribution in [1.29, 1.82) is 0 Å². The lowest BCUT2D eigenvalue weighted by Gasteiger charge is -2.25. The number of Topliss-reactive ketones (excluding diaryl/α,β-unsaturated/α-hetero) is 1. The van der Waals surface area contributed by atoms with Gasteiger partial charge in [0, 0.05) is 29.6 Å². The number of aryl methyl sites for hydroxylation is 1. The molecule has 4 rings (SSSR count). The topological polar surface area (TPSA) is 168 Å². The largest absolute Gasteiger partial charge is 0.420 e. The van der Waals surface area contributed by atoms with Crippen molar-refractivity contribution in [2.45, 2.75) is 51.9 Å². The summed E-state index contributed by atoms with van der Waals surface area (Å²) in [5.74, 6) is -0.597. The minimum atomic E-state index is -4.86. The molecule has 4 heterocycles. The molecular weight excluding hydrogens is 531 g/mol. The number of aliphatic hydroxyl groups excluding tert-OH is 1. The molecule has 0 radical (unpaired) electrons. The Kier molecular flexibility index (Phi) is 7.95. The number of aliphatic hydroxyl groups is 1. The van der Waals surface area contributed by atoms with Gasteiger partial charge < -0.3 is 15.7 Å². The molecule has 1 amide bonds. The summed E-state index contributed by atoms with van der Waals surface area (Å²) in [4.78, 5) is 39.3. The first-order valence-electron chi connectivity index (χ1n) is 12.1. The van der Waals surface area contributed by atoms with Crippen LogP contribution in [-0.2, 0) is 6.42 Å². The molecule has 0 aromatic carbocycles. The molecule has 12 nitrogen and oxygen atoms in total. The number of ketones is 1. The summed E-state index contributed by atoms with van der Waals surface area (Å²) in [5.41, 5.74) is 7.37. The van der Waals surface area contributed by atoms with Gasteiger partial charge >= 0.3 is 6.18 Å². The van der Waals surface area contributed by atoms with Crippen LogP contribution in [0.5, 0.6) is 0 Å². The van der Waals surface area contributed by atoms with Crippen molar-refractivity contribution in [3.8, 4) is 11.1 Å². The number of aromatic nitrogens is 7. The summed E-state index contributed by atoms with van der Waals surface area (Å²) < 4.78 is 39.9. The molecule has 0 saturated heterocycles. The van der Waals surface area contributed by atoms with Crippen LogP contribution in [0.25, 0.3) is 16.8 Å².